The highest BCUT2D eigenvalue weighted by Crippen LogP contribution is 2.34. The first kappa shape index (κ1) is 13.7. The molecule has 1 unspecified atom stereocenters. The SMILES string of the molecule is CN(C1CCCCCC1)C1(CN)CCCSC1. The molecule has 0 aromatic carbocycles. The molecule has 3 heteroatoms. The largest absolute Gasteiger partial charge is 0.329 e. The van der Waals surface area contributed by atoms with Crippen LogP contribution in [-0.4, -0.2) is 41.6 Å². The molecule has 0 aromatic rings. The van der Waals surface area contributed by atoms with E-state index in [0.717, 1.165) is 12.6 Å². The van der Waals surface area contributed by atoms with Crippen molar-refractivity contribution in [3.63, 3.8) is 0 Å². The second-order valence-electron chi connectivity index (χ2n) is 5.84. The van der Waals surface area contributed by atoms with Gasteiger partial charge in [0.05, 0.1) is 0 Å². The van der Waals surface area contributed by atoms with Crippen LogP contribution in [0.15, 0.2) is 0 Å². The maximum absolute atomic E-state index is 6.13. The van der Waals surface area contributed by atoms with E-state index in [2.05, 4.69) is 23.7 Å². The van der Waals surface area contributed by atoms with Crippen molar-refractivity contribution in [3.8, 4) is 0 Å². The molecule has 0 radical (unpaired) electrons. The van der Waals surface area contributed by atoms with E-state index in [-0.39, 0.29) is 0 Å². The van der Waals surface area contributed by atoms with Crippen molar-refractivity contribution < 1.29 is 0 Å². The third-order valence-corrected chi connectivity index (χ3v) is 6.12. The number of thioether (sulfide) groups is 1. The van der Waals surface area contributed by atoms with Gasteiger partial charge in [-0.15, -0.1) is 0 Å². The molecule has 1 heterocycles. The second-order valence-corrected chi connectivity index (χ2v) is 6.95. The topological polar surface area (TPSA) is 29.3 Å². The molecule has 0 bridgehead atoms. The van der Waals surface area contributed by atoms with Gasteiger partial charge in [0.2, 0.25) is 0 Å². The lowest BCUT2D eigenvalue weighted by Crippen LogP contribution is -2.58. The molecule has 100 valence electrons. The summed E-state index contributed by atoms with van der Waals surface area (Å²) in [6, 6.07) is 0.791. The van der Waals surface area contributed by atoms with Crippen molar-refractivity contribution in [2.75, 3.05) is 25.1 Å². The Bertz CT molecular complexity index is 218. The standard InChI is InChI=1S/C14H28N2S/c1-16(13-7-4-2-3-5-8-13)14(11-15)9-6-10-17-12-14/h13H,2-12,15H2,1H3. The van der Waals surface area contributed by atoms with Crippen molar-refractivity contribution >= 4 is 11.8 Å². The monoisotopic (exact) mass is 256 g/mol. The molecule has 0 spiro atoms. The minimum atomic E-state index is 0.303. The summed E-state index contributed by atoms with van der Waals surface area (Å²) in [6.45, 7) is 0.840. The van der Waals surface area contributed by atoms with Crippen LogP contribution in [0.4, 0.5) is 0 Å². The average Bonchev–Trinajstić information content (AvgIpc) is 2.67. The van der Waals surface area contributed by atoms with Crippen molar-refractivity contribution in [1.82, 2.24) is 4.90 Å². The molecule has 2 rings (SSSR count). The van der Waals surface area contributed by atoms with Gasteiger partial charge in [-0.05, 0) is 38.5 Å². The Morgan fingerprint density at radius 2 is 1.88 bits per heavy atom. The minimum absolute atomic E-state index is 0.303. The summed E-state index contributed by atoms with van der Waals surface area (Å²) in [5.74, 6) is 2.58. The van der Waals surface area contributed by atoms with Gasteiger partial charge in [0.25, 0.3) is 0 Å². The van der Waals surface area contributed by atoms with Gasteiger partial charge in [0.15, 0.2) is 0 Å². The lowest BCUT2D eigenvalue weighted by Gasteiger charge is -2.47. The highest BCUT2D eigenvalue weighted by Gasteiger charge is 2.38. The first-order valence-corrected chi connectivity index (χ1v) is 8.45. The molecule has 1 aliphatic heterocycles. The van der Waals surface area contributed by atoms with Crippen LogP contribution in [0.1, 0.15) is 51.4 Å². The van der Waals surface area contributed by atoms with Gasteiger partial charge in [-0.2, -0.15) is 11.8 Å². The van der Waals surface area contributed by atoms with Gasteiger partial charge in [0.1, 0.15) is 0 Å². The molecule has 1 saturated carbocycles. The van der Waals surface area contributed by atoms with Crippen LogP contribution in [0.3, 0.4) is 0 Å². The summed E-state index contributed by atoms with van der Waals surface area (Å²) in [6.07, 6.45) is 11.2. The van der Waals surface area contributed by atoms with Gasteiger partial charge in [-0.3, -0.25) is 4.90 Å². The van der Waals surface area contributed by atoms with Crippen molar-refractivity contribution in [2.45, 2.75) is 62.9 Å². The fourth-order valence-electron chi connectivity index (χ4n) is 3.45. The van der Waals surface area contributed by atoms with Crippen LogP contribution in [0.2, 0.25) is 0 Å². The van der Waals surface area contributed by atoms with Crippen LogP contribution >= 0.6 is 11.8 Å². The Morgan fingerprint density at radius 3 is 2.41 bits per heavy atom. The summed E-state index contributed by atoms with van der Waals surface area (Å²) in [5, 5.41) is 0. The Morgan fingerprint density at radius 1 is 1.18 bits per heavy atom. The minimum Gasteiger partial charge on any atom is -0.329 e. The number of likely N-dealkylation sites (N-methyl/N-ethyl adjacent to an activating group) is 1. The van der Waals surface area contributed by atoms with Crippen molar-refractivity contribution in [1.29, 1.82) is 0 Å². The van der Waals surface area contributed by atoms with E-state index in [1.807, 2.05) is 0 Å². The summed E-state index contributed by atoms with van der Waals surface area (Å²) >= 11 is 2.10. The van der Waals surface area contributed by atoms with Gasteiger partial charge >= 0.3 is 0 Å². The zero-order valence-electron chi connectivity index (χ0n) is 11.3. The quantitative estimate of drug-likeness (QED) is 0.787. The molecule has 0 aromatic heterocycles. The lowest BCUT2D eigenvalue weighted by atomic mass is 9.90. The van der Waals surface area contributed by atoms with E-state index in [0.29, 0.717) is 5.54 Å². The molecule has 17 heavy (non-hydrogen) atoms. The average molecular weight is 256 g/mol. The molecule has 1 saturated heterocycles. The fourth-order valence-corrected chi connectivity index (χ4v) is 4.79. The summed E-state index contributed by atoms with van der Waals surface area (Å²) in [5.41, 5.74) is 6.43. The Kier molecular flexibility index (Phi) is 5.19. The number of hydrogen-bond donors (Lipinski definition) is 1. The maximum atomic E-state index is 6.13. The predicted molar refractivity (Wildman–Crippen MR) is 77.6 cm³/mol. The van der Waals surface area contributed by atoms with Gasteiger partial charge < -0.3 is 5.73 Å². The van der Waals surface area contributed by atoms with E-state index < -0.39 is 0 Å². The molecule has 2 N–H and O–H groups in total. The van der Waals surface area contributed by atoms with E-state index in [9.17, 15) is 0 Å². The molecular weight excluding hydrogens is 228 g/mol. The third kappa shape index (κ3) is 3.18. The summed E-state index contributed by atoms with van der Waals surface area (Å²) < 4.78 is 0. The van der Waals surface area contributed by atoms with Gasteiger partial charge in [0, 0.05) is 23.9 Å². The molecule has 0 amide bonds. The molecule has 2 aliphatic rings. The first-order valence-electron chi connectivity index (χ1n) is 7.29. The number of nitrogens with zero attached hydrogens (tertiary/aromatic N) is 1. The molecular formula is C14H28N2S. The van der Waals surface area contributed by atoms with Crippen LogP contribution in [-0.2, 0) is 0 Å². The molecule has 2 nitrogen and oxygen atoms in total. The molecule has 2 fully saturated rings. The number of rotatable bonds is 3. The highest BCUT2D eigenvalue weighted by molar-refractivity contribution is 7.99. The first-order chi connectivity index (χ1) is 8.28. The smallest absolute Gasteiger partial charge is 0.0422 e. The van der Waals surface area contributed by atoms with Gasteiger partial charge in [-0.1, -0.05) is 25.7 Å². The fraction of sp³-hybridized carbons (Fsp3) is 1.00. The van der Waals surface area contributed by atoms with Gasteiger partial charge in [-0.25, -0.2) is 0 Å². The van der Waals surface area contributed by atoms with E-state index in [1.165, 1.54) is 62.9 Å². The second kappa shape index (κ2) is 6.44. The Balaban J connectivity index is 2.01. The summed E-state index contributed by atoms with van der Waals surface area (Å²) in [7, 11) is 2.34. The highest BCUT2D eigenvalue weighted by atomic mass is 32.2. The molecule has 1 atom stereocenters. The summed E-state index contributed by atoms with van der Waals surface area (Å²) in [4.78, 5) is 2.67. The maximum Gasteiger partial charge on any atom is 0.0422 e. The zero-order valence-corrected chi connectivity index (χ0v) is 12.1. The zero-order chi connectivity index (χ0) is 12.1. The van der Waals surface area contributed by atoms with Crippen LogP contribution in [0.25, 0.3) is 0 Å². The van der Waals surface area contributed by atoms with E-state index in [1.54, 1.807) is 0 Å². The van der Waals surface area contributed by atoms with Crippen molar-refractivity contribution in [3.05, 3.63) is 0 Å². The predicted octanol–water partition coefficient (Wildman–Crippen LogP) is 2.87. The van der Waals surface area contributed by atoms with Crippen LogP contribution in [0.5, 0.6) is 0 Å². The third-order valence-electron chi connectivity index (χ3n) is 4.80. The Hall–Kier alpha value is 0.270. The normalized spacial score (nSPS) is 32.6. The lowest BCUT2D eigenvalue weighted by molar-refractivity contribution is 0.0766. The Labute approximate surface area is 111 Å². The van der Waals surface area contributed by atoms with E-state index in [4.69, 9.17) is 5.73 Å². The number of hydrogen-bond acceptors (Lipinski definition) is 3. The van der Waals surface area contributed by atoms with Crippen LogP contribution < -0.4 is 5.73 Å². The van der Waals surface area contributed by atoms with E-state index >= 15 is 0 Å². The number of nitrogens with two attached hydrogens (primary N) is 1. The molecule has 1 aliphatic carbocycles. The van der Waals surface area contributed by atoms with Crippen molar-refractivity contribution in [2.24, 2.45) is 5.73 Å². The van der Waals surface area contributed by atoms with Crippen LogP contribution in [0, 0.1) is 0 Å².